The van der Waals surface area contributed by atoms with Crippen LogP contribution in [-0.2, 0) is 9.53 Å². The number of rotatable bonds is 3. The van der Waals surface area contributed by atoms with E-state index in [0.29, 0.717) is 5.92 Å². The van der Waals surface area contributed by atoms with Gasteiger partial charge in [0.25, 0.3) is 0 Å². The number of thiophene rings is 1. The number of esters is 1. The smallest absolute Gasteiger partial charge is 0.303 e. The normalized spacial score (nSPS) is 12.9. The Morgan fingerprint density at radius 1 is 1.54 bits per heavy atom. The average molecular weight is 198 g/mol. The van der Waals surface area contributed by atoms with Crippen molar-refractivity contribution < 1.29 is 9.53 Å². The highest BCUT2D eigenvalue weighted by atomic mass is 32.1. The Bertz CT molecular complexity index is 264. The van der Waals surface area contributed by atoms with Gasteiger partial charge in [-0.3, -0.25) is 4.79 Å². The lowest BCUT2D eigenvalue weighted by molar-refractivity contribution is -0.149. The predicted octanol–water partition coefficient (Wildman–Crippen LogP) is 3.01. The van der Waals surface area contributed by atoms with Gasteiger partial charge in [-0.05, 0) is 22.7 Å². The monoisotopic (exact) mass is 198 g/mol. The molecular formula is C10H14O2S. The largest absolute Gasteiger partial charge is 0.457 e. The Morgan fingerprint density at radius 2 is 2.23 bits per heavy atom. The third kappa shape index (κ3) is 2.84. The van der Waals surface area contributed by atoms with Gasteiger partial charge >= 0.3 is 5.97 Å². The average Bonchev–Trinajstić information content (AvgIpc) is 2.50. The molecule has 1 aromatic heterocycles. The summed E-state index contributed by atoms with van der Waals surface area (Å²) in [7, 11) is 0. The molecule has 0 N–H and O–H groups in total. The van der Waals surface area contributed by atoms with Crippen LogP contribution in [0.2, 0.25) is 0 Å². The van der Waals surface area contributed by atoms with Crippen LogP contribution in [0.1, 0.15) is 32.4 Å². The first-order valence-electron chi connectivity index (χ1n) is 4.30. The number of hydrogen-bond acceptors (Lipinski definition) is 3. The van der Waals surface area contributed by atoms with Crippen molar-refractivity contribution in [1.82, 2.24) is 0 Å². The lowest BCUT2D eigenvalue weighted by Gasteiger charge is -2.19. The highest BCUT2D eigenvalue weighted by molar-refractivity contribution is 7.07. The molecule has 1 unspecified atom stereocenters. The highest BCUT2D eigenvalue weighted by Crippen LogP contribution is 2.27. The molecule has 0 aliphatic carbocycles. The maximum absolute atomic E-state index is 10.8. The van der Waals surface area contributed by atoms with E-state index in [1.54, 1.807) is 11.3 Å². The van der Waals surface area contributed by atoms with Crippen LogP contribution in [0.15, 0.2) is 16.8 Å². The van der Waals surface area contributed by atoms with Crippen molar-refractivity contribution in [3.05, 3.63) is 22.4 Å². The van der Waals surface area contributed by atoms with Crippen molar-refractivity contribution in [3.63, 3.8) is 0 Å². The van der Waals surface area contributed by atoms with E-state index >= 15 is 0 Å². The van der Waals surface area contributed by atoms with Gasteiger partial charge in [0, 0.05) is 12.5 Å². The summed E-state index contributed by atoms with van der Waals surface area (Å²) in [4.78, 5) is 10.8. The second-order valence-corrected chi connectivity index (χ2v) is 4.11. The molecule has 0 aromatic carbocycles. The van der Waals surface area contributed by atoms with Gasteiger partial charge in [-0.15, -0.1) is 0 Å². The molecule has 3 heteroatoms. The van der Waals surface area contributed by atoms with Crippen LogP contribution in [-0.4, -0.2) is 5.97 Å². The molecule has 0 aliphatic heterocycles. The van der Waals surface area contributed by atoms with Gasteiger partial charge in [0.15, 0.2) is 0 Å². The fraction of sp³-hybridized carbons (Fsp3) is 0.500. The minimum absolute atomic E-state index is 0.0938. The summed E-state index contributed by atoms with van der Waals surface area (Å²) in [5, 5.41) is 4.02. The zero-order valence-electron chi connectivity index (χ0n) is 8.11. The molecule has 0 aliphatic rings. The highest BCUT2D eigenvalue weighted by Gasteiger charge is 2.18. The summed E-state index contributed by atoms with van der Waals surface area (Å²) in [5.74, 6) is 0.100. The Kier molecular flexibility index (Phi) is 3.48. The number of ether oxygens (including phenoxy) is 1. The van der Waals surface area contributed by atoms with Crippen LogP contribution < -0.4 is 0 Å². The molecule has 0 radical (unpaired) electrons. The number of carbonyl (C=O) groups excluding carboxylic acids is 1. The standard InChI is InChI=1S/C10H14O2S/c1-7(2)10(12-8(3)11)9-4-5-13-6-9/h4-7,10H,1-3H3. The van der Waals surface area contributed by atoms with Gasteiger partial charge < -0.3 is 4.74 Å². The molecule has 13 heavy (non-hydrogen) atoms. The predicted molar refractivity (Wildman–Crippen MR) is 53.7 cm³/mol. The van der Waals surface area contributed by atoms with Crippen LogP contribution in [0, 0.1) is 5.92 Å². The van der Waals surface area contributed by atoms with Crippen molar-refractivity contribution >= 4 is 17.3 Å². The quantitative estimate of drug-likeness (QED) is 0.698. The molecular weight excluding hydrogens is 184 g/mol. The van der Waals surface area contributed by atoms with Crippen molar-refractivity contribution in [2.45, 2.75) is 26.9 Å². The molecule has 72 valence electrons. The molecule has 1 rings (SSSR count). The summed E-state index contributed by atoms with van der Waals surface area (Å²) in [6.45, 7) is 5.54. The Balaban J connectivity index is 2.74. The van der Waals surface area contributed by atoms with Crippen LogP contribution in [0.4, 0.5) is 0 Å². The van der Waals surface area contributed by atoms with Crippen molar-refractivity contribution in [2.24, 2.45) is 5.92 Å². The third-order valence-electron chi connectivity index (χ3n) is 1.77. The fourth-order valence-corrected chi connectivity index (χ4v) is 1.89. The first-order chi connectivity index (χ1) is 6.11. The first kappa shape index (κ1) is 10.3. The molecule has 1 heterocycles. The number of hydrogen-bond donors (Lipinski definition) is 0. The molecule has 0 spiro atoms. The Labute approximate surface area is 82.5 Å². The molecule has 0 fully saturated rings. The second kappa shape index (κ2) is 4.42. The second-order valence-electron chi connectivity index (χ2n) is 3.33. The van der Waals surface area contributed by atoms with Crippen molar-refractivity contribution in [3.8, 4) is 0 Å². The van der Waals surface area contributed by atoms with E-state index in [-0.39, 0.29) is 12.1 Å². The van der Waals surface area contributed by atoms with Crippen LogP contribution >= 0.6 is 11.3 Å². The maximum Gasteiger partial charge on any atom is 0.303 e. The molecule has 0 amide bonds. The summed E-state index contributed by atoms with van der Waals surface area (Å²) in [6, 6.07) is 2.00. The van der Waals surface area contributed by atoms with Gasteiger partial charge in [0.2, 0.25) is 0 Å². The van der Waals surface area contributed by atoms with Crippen LogP contribution in [0.5, 0.6) is 0 Å². The first-order valence-corrected chi connectivity index (χ1v) is 5.25. The van der Waals surface area contributed by atoms with Gasteiger partial charge in [-0.2, -0.15) is 11.3 Å². The zero-order valence-corrected chi connectivity index (χ0v) is 8.93. The van der Waals surface area contributed by atoms with Gasteiger partial charge in [0.05, 0.1) is 0 Å². The zero-order chi connectivity index (χ0) is 9.84. The van der Waals surface area contributed by atoms with E-state index in [1.807, 2.05) is 30.7 Å². The van der Waals surface area contributed by atoms with Crippen molar-refractivity contribution in [1.29, 1.82) is 0 Å². The van der Waals surface area contributed by atoms with E-state index in [4.69, 9.17) is 4.74 Å². The summed E-state index contributed by atoms with van der Waals surface area (Å²) >= 11 is 1.62. The minimum Gasteiger partial charge on any atom is -0.457 e. The van der Waals surface area contributed by atoms with E-state index in [2.05, 4.69) is 0 Å². The van der Waals surface area contributed by atoms with Crippen LogP contribution in [0.3, 0.4) is 0 Å². The maximum atomic E-state index is 10.8. The fourth-order valence-electron chi connectivity index (χ4n) is 1.20. The summed E-state index contributed by atoms with van der Waals surface area (Å²) in [6.07, 6.45) is -0.0938. The summed E-state index contributed by atoms with van der Waals surface area (Å²) in [5.41, 5.74) is 1.09. The van der Waals surface area contributed by atoms with E-state index < -0.39 is 0 Å². The SMILES string of the molecule is CC(=O)OC(c1ccsc1)C(C)C. The summed E-state index contributed by atoms with van der Waals surface area (Å²) < 4.78 is 5.22. The lowest BCUT2D eigenvalue weighted by Crippen LogP contribution is -2.13. The molecule has 2 nitrogen and oxygen atoms in total. The van der Waals surface area contributed by atoms with E-state index in [9.17, 15) is 4.79 Å². The molecule has 0 saturated carbocycles. The molecule has 0 saturated heterocycles. The Hall–Kier alpha value is -0.830. The lowest BCUT2D eigenvalue weighted by atomic mass is 10.0. The van der Waals surface area contributed by atoms with Gasteiger partial charge in [0.1, 0.15) is 6.10 Å². The molecule has 0 bridgehead atoms. The molecule has 1 atom stereocenters. The minimum atomic E-state index is -0.218. The van der Waals surface area contributed by atoms with E-state index in [1.165, 1.54) is 6.92 Å². The van der Waals surface area contributed by atoms with E-state index in [0.717, 1.165) is 5.56 Å². The van der Waals surface area contributed by atoms with Crippen molar-refractivity contribution in [2.75, 3.05) is 0 Å². The Morgan fingerprint density at radius 3 is 2.62 bits per heavy atom. The van der Waals surface area contributed by atoms with Gasteiger partial charge in [-0.1, -0.05) is 13.8 Å². The molecule has 1 aromatic rings. The number of carbonyl (C=O) groups is 1. The van der Waals surface area contributed by atoms with Gasteiger partial charge in [-0.25, -0.2) is 0 Å². The van der Waals surface area contributed by atoms with Crippen LogP contribution in [0.25, 0.3) is 0 Å². The topological polar surface area (TPSA) is 26.3 Å². The third-order valence-corrected chi connectivity index (χ3v) is 2.47.